The monoisotopic (exact) mass is 277 g/mol. The largest absolute Gasteiger partial charge is 0.350 e. The quantitative estimate of drug-likeness (QED) is 0.828. The van der Waals surface area contributed by atoms with Crippen LogP contribution in [-0.4, -0.2) is 11.9 Å². The van der Waals surface area contributed by atoms with Crippen LogP contribution in [0.4, 0.5) is 8.78 Å². The first-order valence-electron chi connectivity index (χ1n) is 4.38. The summed E-state index contributed by atoms with van der Waals surface area (Å²) in [5.74, 6) is -2.16. The number of carbonyl (C=O) groups is 1. The van der Waals surface area contributed by atoms with Gasteiger partial charge in [-0.3, -0.25) is 4.79 Å². The lowest BCUT2D eigenvalue weighted by Gasteiger charge is -2.09. The van der Waals surface area contributed by atoms with Crippen molar-refractivity contribution in [3.8, 4) is 0 Å². The van der Waals surface area contributed by atoms with Gasteiger partial charge in [-0.2, -0.15) is 0 Å². The third-order valence-electron chi connectivity index (χ3n) is 1.70. The Morgan fingerprint density at radius 3 is 2.53 bits per heavy atom. The lowest BCUT2D eigenvalue weighted by atomic mass is 10.2. The van der Waals surface area contributed by atoms with Gasteiger partial charge in [-0.1, -0.05) is 0 Å². The van der Waals surface area contributed by atoms with Crippen molar-refractivity contribution in [3.05, 3.63) is 33.8 Å². The molecule has 0 unspecified atom stereocenters. The maximum atomic E-state index is 13.4. The van der Waals surface area contributed by atoms with Crippen molar-refractivity contribution in [1.82, 2.24) is 5.32 Å². The first-order valence-corrected chi connectivity index (χ1v) is 5.17. The van der Waals surface area contributed by atoms with Crippen molar-refractivity contribution in [1.29, 1.82) is 0 Å². The SMILES string of the molecule is CC(C)NC(=O)c1ccc(F)c(Br)c1F. The smallest absolute Gasteiger partial charge is 0.254 e. The number of benzene rings is 1. The van der Waals surface area contributed by atoms with Gasteiger partial charge in [0, 0.05) is 6.04 Å². The fourth-order valence-corrected chi connectivity index (χ4v) is 1.39. The zero-order valence-corrected chi connectivity index (χ0v) is 9.86. The Morgan fingerprint density at radius 1 is 1.40 bits per heavy atom. The molecule has 15 heavy (non-hydrogen) atoms. The molecule has 0 fully saturated rings. The van der Waals surface area contributed by atoms with Crippen LogP contribution in [0.25, 0.3) is 0 Å². The highest BCUT2D eigenvalue weighted by Crippen LogP contribution is 2.22. The van der Waals surface area contributed by atoms with E-state index >= 15 is 0 Å². The minimum absolute atomic E-state index is 0.0965. The summed E-state index contributed by atoms with van der Waals surface area (Å²) < 4.78 is 26.0. The normalized spacial score (nSPS) is 10.5. The van der Waals surface area contributed by atoms with E-state index in [-0.39, 0.29) is 16.1 Å². The van der Waals surface area contributed by atoms with E-state index in [2.05, 4.69) is 21.2 Å². The molecule has 1 rings (SSSR count). The second-order valence-corrected chi connectivity index (χ2v) is 4.14. The molecule has 0 saturated heterocycles. The average Bonchev–Trinajstić information content (AvgIpc) is 2.13. The number of carbonyl (C=O) groups excluding carboxylic acids is 1. The van der Waals surface area contributed by atoms with Crippen LogP contribution in [0.1, 0.15) is 24.2 Å². The Bertz CT molecular complexity index is 393. The van der Waals surface area contributed by atoms with Crippen molar-refractivity contribution < 1.29 is 13.6 Å². The molecule has 1 aromatic carbocycles. The predicted octanol–water partition coefficient (Wildman–Crippen LogP) is 2.87. The van der Waals surface area contributed by atoms with Crippen molar-refractivity contribution >= 4 is 21.8 Å². The summed E-state index contributed by atoms with van der Waals surface area (Å²) in [6.45, 7) is 3.52. The van der Waals surface area contributed by atoms with Gasteiger partial charge in [-0.15, -0.1) is 0 Å². The minimum Gasteiger partial charge on any atom is -0.350 e. The average molecular weight is 278 g/mol. The molecule has 0 heterocycles. The standard InChI is InChI=1S/C10H10BrF2NO/c1-5(2)14-10(15)6-3-4-7(12)8(11)9(6)13/h3-5H,1-2H3,(H,14,15). The third kappa shape index (κ3) is 2.75. The van der Waals surface area contributed by atoms with Crippen LogP contribution in [-0.2, 0) is 0 Å². The van der Waals surface area contributed by atoms with Crippen molar-refractivity contribution in [3.63, 3.8) is 0 Å². The van der Waals surface area contributed by atoms with E-state index in [9.17, 15) is 13.6 Å². The molecule has 1 N–H and O–H groups in total. The van der Waals surface area contributed by atoms with Crippen molar-refractivity contribution in [2.75, 3.05) is 0 Å². The number of hydrogen-bond donors (Lipinski definition) is 1. The molecule has 0 aliphatic carbocycles. The van der Waals surface area contributed by atoms with Crippen LogP contribution in [0, 0.1) is 11.6 Å². The molecule has 1 aromatic rings. The van der Waals surface area contributed by atoms with Gasteiger partial charge in [-0.25, -0.2) is 8.78 Å². The molecule has 0 saturated carbocycles. The van der Waals surface area contributed by atoms with Crippen LogP contribution >= 0.6 is 15.9 Å². The molecule has 82 valence electrons. The van der Waals surface area contributed by atoms with E-state index in [1.807, 2.05) is 0 Å². The van der Waals surface area contributed by atoms with Gasteiger partial charge in [0.25, 0.3) is 5.91 Å². The fraction of sp³-hybridized carbons (Fsp3) is 0.300. The van der Waals surface area contributed by atoms with Gasteiger partial charge in [0.05, 0.1) is 10.0 Å². The van der Waals surface area contributed by atoms with Crippen LogP contribution in [0.5, 0.6) is 0 Å². The Hall–Kier alpha value is -0.970. The summed E-state index contributed by atoms with van der Waals surface area (Å²) in [7, 11) is 0. The molecular formula is C10H10BrF2NO. The maximum Gasteiger partial charge on any atom is 0.254 e. The van der Waals surface area contributed by atoms with Gasteiger partial charge in [0.15, 0.2) is 5.82 Å². The Balaban J connectivity index is 3.06. The molecule has 2 nitrogen and oxygen atoms in total. The fourth-order valence-electron chi connectivity index (χ4n) is 1.04. The number of hydrogen-bond acceptors (Lipinski definition) is 1. The predicted molar refractivity (Wildman–Crippen MR) is 56.7 cm³/mol. The molecule has 0 spiro atoms. The van der Waals surface area contributed by atoms with Gasteiger partial charge in [0.1, 0.15) is 5.82 Å². The topological polar surface area (TPSA) is 29.1 Å². The van der Waals surface area contributed by atoms with Gasteiger partial charge in [-0.05, 0) is 41.9 Å². The second-order valence-electron chi connectivity index (χ2n) is 3.35. The molecule has 5 heteroatoms. The zero-order chi connectivity index (χ0) is 11.6. The van der Waals surface area contributed by atoms with Gasteiger partial charge in [0.2, 0.25) is 0 Å². The van der Waals surface area contributed by atoms with E-state index < -0.39 is 17.5 Å². The molecule has 0 aliphatic rings. The van der Waals surface area contributed by atoms with E-state index in [1.165, 1.54) is 0 Å². The number of rotatable bonds is 2. The van der Waals surface area contributed by atoms with Gasteiger partial charge >= 0.3 is 0 Å². The third-order valence-corrected chi connectivity index (χ3v) is 2.43. The van der Waals surface area contributed by atoms with Crippen LogP contribution in [0.15, 0.2) is 16.6 Å². The highest BCUT2D eigenvalue weighted by molar-refractivity contribution is 9.10. The first-order chi connectivity index (χ1) is 6.93. The summed E-state index contributed by atoms with van der Waals surface area (Å²) in [6, 6.07) is 2.07. The highest BCUT2D eigenvalue weighted by atomic mass is 79.9. The van der Waals surface area contributed by atoms with Crippen LogP contribution in [0.3, 0.4) is 0 Å². The highest BCUT2D eigenvalue weighted by Gasteiger charge is 2.17. The minimum atomic E-state index is -0.881. The van der Waals surface area contributed by atoms with Crippen LogP contribution in [0.2, 0.25) is 0 Å². The summed E-state index contributed by atoms with van der Waals surface area (Å²) in [5.41, 5.74) is -0.169. The van der Waals surface area contributed by atoms with E-state index in [0.29, 0.717) is 0 Å². The molecule has 0 atom stereocenters. The Labute approximate surface area is 94.8 Å². The van der Waals surface area contributed by atoms with Crippen LogP contribution < -0.4 is 5.32 Å². The van der Waals surface area contributed by atoms with Crippen molar-refractivity contribution in [2.45, 2.75) is 19.9 Å². The second kappa shape index (κ2) is 4.70. The zero-order valence-electron chi connectivity index (χ0n) is 8.27. The molecule has 0 aromatic heterocycles. The van der Waals surface area contributed by atoms with Crippen molar-refractivity contribution in [2.24, 2.45) is 0 Å². The molecule has 0 radical (unpaired) electrons. The molecule has 0 aliphatic heterocycles. The van der Waals surface area contributed by atoms with Gasteiger partial charge < -0.3 is 5.32 Å². The molecule has 0 bridgehead atoms. The molecular weight excluding hydrogens is 268 g/mol. The Kier molecular flexibility index (Phi) is 3.79. The summed E-state index contributed by atoms with van der Waals surface area (Å²) in [4.78, 5) is 11.4. The van der Waals surface area contributed by atoms with E-state index in [4.69, 9.17) is 0 Å². The number of amides is 1. The summed E-state index contributed by atoms with van der Waals surface area (Å²) >= 11 is 2.73. The lowest BCUT2D eigenvalue weighted by molar-refractivity contribution is 0.0939. The number of halogens is 3. The Morgan fingerprint density at radius 2 is 2.00 bits per heavy atom. The summed E-state index contributed by atoms with van der Waals surface area (Å²) in [6.07, 6.45) is 0. The maximum absolute atomic E-state index is 13.4. The number of nitrogens with one attached hydrogen (secondary N) is 1. The first kappa shape index (κ1) is 12.1. The van der Waals surface area contributed by atoms with E-state index in [0.717, 1.165) is 12.1 Å². The van der Waals surface area contributed by atoms with E-state index in [1.54, 1.807) is 13.8 Å². The lowest BCUT2D eigenvalue weighted by Crippen LogP contribution is -2.30. The summed E-state index contributed by atoms with van der Waals surface area (Å²) in [5, 5.41) is 2.52. The molecule has 1 amide bonds.